The summed E-state index contributed by atoms with van der Waals surface area (Å²) in [5, 5.41) is 8.86. The van der Waals surface area contributed by atoms with E-state index in [2.05, 4.69) is 6.07 Å². The summed E-state index contributed by atoms with van der Waals surface area (Å²) < 4.78 is 16.8. The molecule has 0 heterocycles. The number of hydrogen-bond donors (Lipinski definition) is 0. The molecule has 0 spiro atoms. The first-order valence-electron chi connectivity index (χ1n) is 8.87. The molecule has 136 valence electrons. The van der Waals surface area contributed by atoms with Crippen molar-refractivity contribution in [1.82, 2.24) is 0 Å². The lowest BCUT2D eigenvalue weighted by atomic mass is 10.0. The molecule has 0 aromatic heterocycles. The van der Waals surface area contributed by atoms with Crippen LogP contribution in [-0.4, -0.2) is 19.8 Å². The Kier molecular flexibility index (Phi) is 6.32. The van der Waals surface area contributed by atoms with E-state index < -0.39 is 0 Å². The summed E-state index contributed by atoms with van der Waals surface area (Å²) in [6, 6.07) is 25.1. The molecule has 0 amide bonds. The van der Waals surface area contributed by atoms with Crippen molar-refractivity contribution in [3.8, 4) is 34.4 Å². The molecular weight excluding hydrogens is 338 g/mol. The van der Waals surface area contributed by atoms with Gasteiger partial charge in [0.25, 0.3) is 0 Å². The zero-order chi connectivity index (χ0) is 18.9. The molecule has 0 atom stereocenters. The molecule has 3 aromatic rings. The molecule has 3 rings (SSSR count). The number of nitrogens with zero attached hydrogens (tertiary/aromatic N) is 1. The van der Waals surface area contributed by atoms with Crippen molar-refractivity contribution in [2.24, 2.45) is 0 Å². The van der Waals surface area contributed by atoms with Gasteiger partial charge >= 0.3 is 0 Å². The second-order valence-electron chi connectivity index (χ2n) is 5.81. The van der Waals surface area contributed by atoms with Crippen molar-refractivity contribution in [1.29, 1.82) is 5.26 Å². The normalized spacial score (nSPS) is 10.1. The monoisotopic (exact) mass is 359 g/mol. The summed E-state index contributed by atoms with van der Waals surface area (Å²) in [6.07, 6.45) is 0. The predicted octanol–water partition coefficient (Wildman–Crippen LogP) is 5.08. The molecule has 4 heteroatoms. The Hall–Kier alpha value is -3.45. The van der Waals surface area contributed by atoms with Gasteiger partial charge in [-0.15, -0.1) is 0 Å². The first-order chi connectivity index (χ1) is 13.3. The first-order valence-corrected chi connectivity index (χ1v) is 8.87. The fourth-order valence-electron chi connectivity index (χ4n) is 2.60. The molecule has 0 radical (unpaired) electrons. The molecule has 0 saturated carbocycles. The van der Waals surface area contributed by atoms with E-state index in [1.165, 1.54) is 0 Å². The van der Waals surface area contributed by atoms with E-state index in [-0.39, 0.29) is 0 Å². The minimum atomic E-state index is 0.462. The van der Waals surface area contributed by atoms with Gasteiger partial charge in [-0.3, -0.25) is 0 Å². The molecular formula is C23H21NO3. The molecule has 0 saturated heterocycles. The molecule has 3 aromatic carbocycles. The third-order valence-corrected chi connectivity index (χ3v) is 3.96. The van der Waals surface area contributed by atoms with E-state index in [9.17, 15) is 0 Å². The number of hydrogen-bond acceptors (Lipinski definition) is 4. The van der Waals surface area contributed by atoms with Crippen molar-refractivity contribution < 1.29 is 14.2 Å². The SMILES string of the molecule is CCOc1ccc(OCCOc2ccc(-c3ccc(C#N)cc3)cc2)cc1. The van der Waals surface area contributed by atoms with Crippen LogP contribution in [0.5, 0.6) is 17.2 Å². The van der Waals surface area contributed by atoms with Gasteiger partial charge in [0, 0.05) is 0 Å². The third kappa shape index (κ3) is 5.26. The minimum Gasteiger partial charge on any atom is -0.494 e. The van der Waals surface area contributed by atoms with E-state index in [1.807, 2.05) is 79.7 Å². The average Bonchev–Trinajstić information content (AvgIpc) is 2.73. The summed E-state index contributed by atoms with van der Waals surface area (Å²) in [5.74, 6) is 2.42. The molecule has 0 unspecified atom stereocenters. The lowest BCUT2D eigenvalue weighted by Gasteiger charge is -2.10. The van der Waals surface area contributed by atoms with Crippen molar-refractivity contribution in [2.45, 2.75) is 6.92 Å². The van der Waals surface area contributed by atoms with Gasteiger partial charge in [-0.25, -0.2) is 0 Å². The highest BCUT2D eigenvalue weighted by Crippen LogP contribution is 2.23. The standard InChI is InChI=1S/C23H21NO3/c1-2-25-21-11-13-23(14-12-21)27-16-15-26-22-9-7-20(8-10-22)19-5-3-18(17-24)4-6-19/h3-14H,2,15-16H2,1H3. The van der Waals surface area contributed by atoms with Crippen LogP contribution in [0.15, 0.2) is 72.8 Å². The molecule has 0 N–H and O–H groups in total. The zero-order valence-corrected chi connectivity index (χ0v) is 15.2. The van der Waals surface area contributed by atoms with Crippen LogP contribution in [0.4, 0.5) is 0 Å². The summed E-state index contributed by atoms with van der Waals surface area (Å²) in [5.41, 5.74) is 2.81. The number of benzene rings is 3. The Bertz CT molecular complexity index is 879. The van der Waals surface area contributed by atoms with Crippen molar-refractivity contribution >= 4 is 0 Å². The van der Waals surface area contributed by atoms with Gasteiger partial charge in [0.15, 0.2) is 0 Å². The number of nitriles is 1. The van der Waals surface area contributed by atoms with Gasteiger partial charge in [0.1, 0.15) is 30.5 Å². The lowest BCUT2D eigenvalue weighted by Crippen LogP contribution is -2.08. The largest absolute Gasteiger partial charge is 0.494 e. The van der Waals surface area contributed by atoms with Crippen molar-refractivity contribution in [2.75, 3.05) is 19.8 Å². The highest BCUT2D eigenvalue weighted by molar-refractivity contribution is 5.64. The van der Waals surface area contributed by atoms with E-state index in [1.54, 1.807) is 0 Å². The van der Waals surface area contributed by atoms with Gasteiger partial charge in [-0.1, -0.05) is 24.3 Å². The molecule has 0 aliphatic rings. The molecule has 0 aliphatic heterocycles. The van der Waals surface area contributed by atoms with Crippen LogP contribution in [-0.2, 0) is 0 Å². The Morgan fingerprint density at radius 3 is 1.48 bits per heavy atom. The zero-order valence-electron chi connectivity index (χ0n) is 15.2. The highest BCUT2D eigenvalue weighted by Gasteiger charge is 2.00. The average molecular weight is 359 g/mol. The van der Waals surface area contributed by atoms with Gasteiger partial charge in [0.05, 0.1) is 18.2 Å². The lowest BCUT2D eigenvalue weighted by molar-refractivity contribution is 0.217. The molecule has 0 bridgehead atoms. The van der Waals surface area contributed by atoms with Gasteiger partial charge in [0.2, 0.25) is 0 Å². The van der Waals surface area contributed by atoms with E-state index >= 15 is 0 Å². The van der Waals surface area contributed by atoms with Crippen LogP contribution in [0.3, 0.4) is 0 Å². The Morgan fingerprint density at radius 2 is 1.04 bits per heavy atom. The quantitative estimate of drug-likeness (QED) is 0.526. The summed E-state index contributed by atoms with van der Waals surface area (Å²) in [6.45, 7) is 3.53. The van der Waals surface area contributed by atoms with Crippen LogP contribution in [0.25, 0.3) is 11.1 Å². The first kappa shape index (κ1) is 18.3. The van der Waals surface area contributed by atoms with E-state index in [0.717, 1.165) is 28.4 Å². The van der Waals surface area contributed by atoms with E-state index in [4.69, 9.17) is 19.5 Å². The van der Waals surface area contributed by atoms with Gasteiger partial charge in [-0.05, 0) is 66.6 Å². The number of rotatable bonds is 8. The number of ether oxygens (including phenoxy) is 3. The Balaban J connectivity index is 1.46. The molecule has 27 heavy (non-hydrogen) atoms. The Morgan fingerprint density at radius 1 is 0.630 bits per heavy atom. The molecule has 4 nitrogen and oxygen atoms in total. The van der Waals surface area contributed by atoms with Crippen LogP contribution < -0.4 is 14.2 Å². The highest BCUT2D eigenvalue weighted by atomic mass is 16.5. The van der Waals surface area contributed by atoms with Crippen LogP contribution in [0.1, 0.15) is 12.5 Å². The summed E-state index contributed by atoms with van der Waals surface area (Å²) in [7, 11) is 0. The van der Waals surface area contributed by atoms with E-state index in [0.29, 0.717) is 25.4 Å². The van der Waals surface area contributed by atoms with Crippen LogP contribution >= 0.6 is 0 Å². The van der Waals surface area contributed by atoms with Crippen LogP contribution in [0, 0.1) is 11.3 Å². The summed E-state index contributed by atoms with van der Waals surface area (Å²) in [4.78, 5) is 0. The minimum absolute atomic E-state index is 0.462. The topological polar surface area (TPSA) is 51.5 Å². The maximum atomic E-state index is 8.86. The van der Waals surface area contributed by atoms with Crippen molar-refractivity contribution in [3.05, 3.63) is 78.4 Å². The molecule has 0 aliphatic carbocycles. The predicted molar refractivity (Wildman–Crippen MR) is 105 cm³/mol. The van der Waals surface area contributed by atoms with Crippen molar-refractivity contribution in [3.63, 3.8) is 0 Å². The smallest absolute Gasteiger partial charge is 0.122 e. The fraction of sp³-hybridized carbons (Fsp3) is 0.174. The van der Waals surface area contributed by atoms with Gasteiger partial charge in [-0.2, -0.15) is 5.26 Å². The molecule has 0 fully saturated rings. The van der Waals surface area contributed by atoms with Gasteiger partial charge < -0.3 is 14.2 Å². The summed E-state index contributed by atoms with van der Waals surface area (Å²) >= 11 is 0. The second-order valence-corrected chi connectivity index (χ2v) is 5.81. The Labute approximate surface area is 159 Å². The second kappa shape index (κ2) is 9.30. The fourth-order valence-corrected chi connectivity index (χ4v) is 2.60. The van der Waals surface area contributed by atoms with Crippen LogP contribution in [0.2, 0.25) is 0 Å². The third-order valence-electron chi connectivity index (χ3n) is 3.96. The maximum Gasteiger partial charge on any atom is 0.122 e. The maximum absolute atomic E-state index is 8.86.